The van der Waals surface area contributed by atoms with E-state index in [2.05, 4.69) is 21.2 Å². The fourth-order valence-corrected chi connectivity index (χ4v) is 2.88. The first-order valence-corrected chi connectivity index (χ1v) is 7.39. The number of carbonyl (C=O) groups excluding carboxylic acids is 1. The summed E-state index contributed by atoms with van der Waals surface area (Å²) in [6.45, 7) is 0. The maximum Gasteiger partial charge on any atom is 0.391 e. The molecule has 1 aromatic carbocycles. The van der Waals surface area contributed by atoms with Crippen molar-refractivity contribution in [1.82, 2.24) is 0 Å². The van der Waals surface area contributed by atoms with Crippen molar-refractivity contribution in [3.8, 4) is 0 Å². The lowest BCUT2D eigenvalue weighted by Gasteiger charge is -2.29. The first-order chi connectivity index (χ1) is 9.77. The van der Waals surface area contributed by atoms with E-state index in [1.165, 1.54) is 12.1 Å². The highest BCUT2D eigenvalue weighted by Crippen LogP contribution is 2.40. The van der Waals surface area contributed by atoms with Gasteiger partial charge in [-0.05, 0) is 37.5 Å². The lowest BCUT2D eigenvalue weighted by atomic mass is 9.80. The molecule has 0 saturated heterocycles. The van der Waals surface area contributed by atoms with Crippen molar-refractivity contribution in [3.63, 3.8) is 0 Å². The molecule has 21 heavy (non-hydrogen) atoms. The van der Waals surface area contributed by atoms with Crippen LogP contribution in [0.25, 0.3) is 0 Å². The molecule has 0 heterocycles. The summed E-state index contributed by atoms with van der Waals surface area (Å²) in [5.41, 5.74) is -0.0164. The van der Waals surface area contributed by atoms with Gasteiger partial charge in [-0.25, -0.2) is 4.39 Å². The van der Waals surface area contributed by atoms with Gasteiger partial charge in [0.1, 0.15) is 5.82 Å². The van der Waals surface area contributed by atoms with Gasteiger partial charge in [-0.2, -0.15) is 13.2 Å². The van der Waals surface area contributed by atoms with Gasteiger partial charge in [0.25, 0.3) is 0 Å². The van der Waals surface area contributed by atoms with Crippen LogP contribution in [0.15, 0.2) is 22.7 Å². The number of amides is 1. The van der Waals surface area contributed by atoms with E-state index in [4.69, 9.17) is 0 Å². The van der Waals surface area contributed by atoms with Gasteiger partial charge in [-0.15, -0.1) is 0 Å². The molecule has 0 bridgehead atoms. The van der Waals surface area contributed by atoms with E-state index in [0.29, 0.717) is 17.3 Å². The summed E-state index contributed by atoms with van der Waals surface area (Å²) in [5, 5.41) is 2.38. The Morgan fingerprint density at radius 2 is 2.00 bits per heavy atom. The number of anilines is 1. The second-order valence-electron chi connectivity index (χ2n) is 5.22. The van der Waals surface area contributed by atoms with Crippen LogP contribution in [-0.4, -0.2) is 12.1 Å². The summed E-state index contributed by atoms with van der Waals surface area (Å²) in [5.74, 6) is -3.35. The number of halogens is 5. The molecule has 1 aliphatic carbocycles. The Bertz CT molecular complexity index is 532. The number of benzene rings is 1. The van der Waals surface area contributed by atoms with Crippen molar-refractivity contribution in [2.24, 2.45) is 11.8 Å². The Morgan fingerprint density at radius 3 is 2.62 bits per heavy atom. The van der Waals surface area contributed by atoms with Crippen LogP contribution >= 0.6 is 15.9 Å². The molecule has 2 atom stereocenters. The molecule has 1 aliphatic rings. The Labute approximate surface area is 128 Å². The minimum Gasteiger partial charge on any atom is -0.323 e. The molecule has 2 unspecified atom stereocenters. The standard InChI is InChI=1S/C14H14BrF4NO/c15-10-4-5-12(11(16)7-10)20-13(21)8-2-1-3-9(6-8)14(17,18)19/h4-5,7-9H,1-3,6H2,(H,20,21). The summed E-state index contributed by atoms with van der Waals surface area (Å²) < 4.78 is 52.3. The minimum absolute atomic E-state index is 0.0164. The molecule has 1 amide bonds. The van der Waals surface area contributed by atoms with E-state index in [1.54, 1.807) is 6.07 Å². The normalized spacial score (nSPS) is 22.9. The third-order valence-electron chi connectivity index (χ3n) is 3.70. The van der Waals surface area contributed by atoms with Gasteiger partial charge in [0.2, 0.25) is 5.91 Å². The molecule has 0 spiro atoms. The van der Waals surface area contributed by atoms with E-state index in [0.717, 1.165) is 0 Å². The molecule has 0 aliphatic heterocycles. The molecule has 1 N–H and O–H groups in total. The van der Waals surface area contributed by atoms with Crippen molar-refractivity contribution in [2.75, 3.05) is 5.32 Å². The van der Waals surface area contributed by atoms with Crippen LogP contribution in [0, 0.1) is 17.7 Å². The Balaban J connectivity index is 2.03. The van der Waals surface area contributed by atoms with Crippen molar-refractivity contribution in [3.05, 3.63) is 28.5 Å². The van der Waals surface area contributed by atoms with Crippen LogP contribution < -0.4 is 5.32 Å². The molecule has 1 saturated carbocycles. The molecule has 116 valence electrons. The van der Waals surface area contributed by atoms with Crippen LogP contribution in [0.4, 0.5) is 23.2 Å². The van der Waals surface area contributed by atoms with Crippen molar-refractivity contribution < 1.29 is 22.4 Å². The lowest BCUT2D eigenvalue weighted by Crippen LogP contribution is -2.34. The molecule has 0 radical (unpaired) electrons. The van der Waals surface area contributed by atoms with Crippen molar-refractivity contribution in [1.29, 1.82) is 0 Å². The van der Waals surface area contributed by atoms with Crippen LogP contribution in [0.1, 0.15) is 25.7 Å². The van der Waals surface area contributed by atoms with E-state index < -0.39 is 29.7 Å². The quantitative estimate of drug-likeness (QED) is 0.740. The van der Waals surface area contributed by atoms with Gasteiger partial charge in [0.05, 0.1) is 11.6 Å². The average Bonchev–Trinajstić information content (AvgIpc) is 2.41. The Kier molecular flexibility index (Phi) is 4.91. The zero-order valence-corrected chi connectivity index (χ0v) is 12.6. The average molecular weight is 368 g/mol. The van der Waals surface area contributed by atoms with E-state index >= 15 is 0 Å². The summed E-state index contributed by atoms with van der Waals surface area (Å²) >= 11 is 3.09. The molecule has 1 fully saturated rings. The van der Waals surface area contributed by atoms with Gasteiger partial charge in [-0.3, -0.25) is 4.79 Å². The number of rotatable bonds is 2. The molecule has 1 aromatic rings. The number of hydrogen-bond acceptors (Lipinski definition) is 1. The smallest absolute Gasteiger partial charge is 0.323 e. The summed E-state index contributed by atoms with van der Waals surface area (Å²) in [7, 11) is 0. The zero-order valence-electron chi connectivity index (χ0n) is 11.0. The minimum atomic E-state index is -4.28. The monoisotopic (exact) mass is 367 g/mol. The van der Waals surface area contributed by atoms with Gasteiger partial charge < -0.3 is 5.32 Å². The predicted molar refractivity (Wildman–Crippen MR) is 74.2 cm³/mol. The second kappa shape index (κ2) is 6.34. The number of carbonyl (C=O) groups is 1. The Hall–Kier alpha value is -1.11. The van der Waals surface area contributed by atoms with Crippen LogP contribution in [0.3, 0.4) is 0 Å². The van der Waals surface area contributed by atoms with Crippen molar-refractivity contribution >= 4 is 27.5 Å². The highest BCUT2D eigenvalue weighted by Gasteiger charge is 2.43. The third-order valence-corrected chi connectivity index (χ3v) is 4.19. The third kappa shape index (κ3) is 4.18. The van der Waals surface area contributed by atoms with E-state index in [9.17, 15) is 22.4 Å². The number of hydrogen-bond donors (Lipinski definition) is 1. The van der Waals surface area contributed by atoms with Gasteiger partial charge in [-0.1, -0.05) is 22.4 Å². The zero-order chi connectivity index (χ0) is 15.6. The van der Waals surface area contributed by atoms with E-state index in [-0.39, 0.29) is 18.5 Å². The van der Waals surface area contributed by atoms with Crippen LogP contribution in [0.5, 0.6) is 0 Å². The van der Waals surface area contributed by atoms with Crippen LogP contribution in [-0.2, 0) is 4.79 Å². The highest BCUT2D eigenvalue weighted by atomic mass is 79.9. The second-order valence-corrected chi connectivity index (χ2v) is 6.13. The lowest BCUT2D eigenvalue weighted by molar-refractivity contribution is -0.185. The number of nitrogens with one attached hydrogen (secondary N) is 1. The molecular formula is C14H14BrF4NO. The highest BCUT2D eigenvalue weighted by molar-refractivity contribution is 9.10. The summed E-state index contributed by atoms with van der Waals surface area (Å²) in [6.07, 6.45) is -3.70. The molecule has 0 aromatic heterocycles. The van der Waals surface area contributed by atoms with Gasteiger partial charge >= 0.3 is 6.18 Å². The fraction of sp³-hybridized carbons (Fsp3) is 0.500. The maximum atomic E-state index is 13.6. The first-order valence-electron chi connectivity index (χ1n) is 6.60. The molecule has 7 heteroatoms. The van der Waals surface area contributed by atoms with Gasteiger partial charge in [0, 0.05) is 10.4 Å². The fourth-order valence-electron chi connectivity index (χ4n) is 2.55. The first kappa shape index (κ1) is 16.3. The summed E-state index contributed by atoms with van der Waals surface area (Å²) in [6, 6.07) is 4.12. The largest absolute Gasteiger partial charge is 0.391 e. The topological polar surface area (TPSA) is 29.1 Å². The summed E-state index contributed by atoms with van der Waals surface area (Å²) in [4.78, 5) is 12.0. The maximum absolute atomic E-state index is 13.6. The van der Waals surface area contributed by atoms with E-state index in [1.807, 2.05) is 0 Å². The molecule has 2 nitrogen and oxygen atoms in total. The van der Waals surface area contributed by atoms with Gasteiger partial charge in [0.15, 0.2) is 0 Å². The van der Waals surface area contributed by atoms with Crippen LogP contribution in [0.2, 0.25) is 0 Å². The number of alkyl halides is 3. The Morgan fingerprint density at radius 1 is 1.29 bits per heavy atom. The predicted octanol–water partition coefficient (Wildman–Crippen LogP) is 4.90. The SMILES string of the molecule is O=C(Nc1ccc(Br)cc1F)C1CCCC(C(F)(F)F)C1. The van der Waals surface area contributed by atoms with Crippen molar-refractivity contribution in [2.45, 2.75) is 31.9 Å². The molecular weight excluding hydrogens is 354 g/mol. The molecule has 2 rings (SSSR count).